The first kappa shape index (κ1) is 13.9. The number of allylic oxidation sites excluding steroid dienone is 1. The van der Waals surface area contributed by atoms with E-state index in [1.54, 1.807) is 44.3 Å². The molecule has 2 rings (SSSR count). The second kappa shape index (κ2) is 5.21. The van der Waals surface area contributed by atoms with Crippen LogP contribution in [0.1, 0.15) is 18.4 Å². The number of carboxylic acids is 2. The minimum atomic E-state index is -1.11. The zero-order chi connectivity index (χ0) is 14.9. The Kier molecular flexibility index (Phi) is 3.61. The number of hydrogen-bond donors (Lipinski definition) is 2. The highest BCUT2D eigenvalue weighted by Crippen LogP contribution is 2.38. The van der Waals surface area contributed by atoms with Gasteiger partial charge in [-0.05, 0) is 12.5 Å². The van der Waals surface area contributed by atoms with Crippen LogP contribution in [0, 0.1) is 0 Å². The van der Waals surface area contributed by atoms with Crippen LogP contribution in [0.5, 0.6) is 0 Å². The molecule has 0 aliphatic carbocycles. The second-order valence-electron chi connectivity index (χ2n) is 4.65. The highest BCUT2D eigenvalue weighted by molar-refractivity contribution is 5.97. The van der Waals surface area contributed by atoms with Crippen molar-refractivity contribution >= 4 is 11.9 Å². The highest BCUT2D eigenvalue weighted by atomic mass is 16.4. The number of nitrogens with zero attached hydrogens (tertiary/aromatic N) is 1. The molecule has 0 amide bonds. The smallest absolute Gasteiger partial charge is 0.334 e. The Morgan fingerprint density at radius 2 is 1.70 bits per heavy atom. The number of carbonyl (C=O) groups is 2. The van der Waals surface area contributed by atoms with Crippen molar-refractivity contribution in [2.75, 3.05) is 7.05 Å². The van der Waals surface area contributed by atoms with Gasteiger partial charge in [-0.3, -0.25) is 0 Å². The van der Waals surface area contributed by atoms with Crippen LogP contribution in [-0.2, 0) is 9.59 Å². The molecule has 20 heavy (non-hydrogen) atoms. The summed E-state index contributed by atoms with van der Waals surface area (Å²) in [5.74, 6) is -2.98. The SMILES string of the molecule is CC1=C(C(=O)O)C(c2ccccc2)C(C(=O)O)=CN1C. The average molecular weight is 273 g/mol. The van der Waals surface area contributed by atoms with Gasteiger partial charge in [0.25, 0.3) is 0 Å². The standard InChI is InChI=1S/C15H15NO4/c1-9-12(15(19)20)13(10-6-4-3-5-7-10)11(14(17)18)8-16(9)2/h3-8,13H,1-2H3,(H,17,18)(H,19,20). The summed E-state index contributed by atoms with van der Waals surface area (Å²) < 4.78 is 0. The topological polar surface area (TPSA) is 77.8 Å². The lowest BCUT2D eigenvalue weighted by Gasteiger charge is -2.30. The van der Waals surface area contributed by atoms with Crippen molar-refractivity contribution in [2.24, 2.45) is 0 Å². The van der Waals surface area contributed by atoms with E-state index in [1.807, 2.05) is 0 Å². The number of aliphatic carboxylic acids is 2. The molecule has 1 aromatic rings. The summed E-state index contributed by atoms with van der Waals surface area (Å²) in [5, 5.41) is 18.8. The summed E-state index contributed by atoms with van der Waals surface area (Å²) in [6.45, 7) is 1.68. The average Bonchev–Trinajstić information content (AvgIpc) is 2.41. The molecule has 1 heterocycles. The largest absolute Gasteiger partial charge is 0.478 e. The third-order valence-corrected chi connectivity index (χ3v) is 3.46. The van der Waals surface area contributed by atoms with Gasteiger partial charge in [-0.2, -0.15) is 0 Å². The van der Waals surface area contributed by atoms with E-state index in [-0.39, 0.29) is 11.1 Å². The molecule has 5 heteroatoms. The minimum Gasteiger partial charge on any atom is -0.478 e. The van der Waals surface area contributed by atoms with Gasteiger partial charge >= 0.3 is 11.9 Å². The van der Waals surface area contributed by atoms with Crippen LogP contribution in [0.4, 0.5) is 0 Å². The summed E-state index contributed by atoms with van der Waals surface area (Å²) >= 11 is 0. The molecule has 1 aliphatic heterocycles. The van der Waals surface area contributed by atoms with Crippen molar-refractivity contribution in [3.05, 3.63) is 58.9 Å². The van der Waals surface area contributed by atoms with Crippen molar-refractivity contribution in [3.8, 4) is 0 Å². The fraction of sp³-hybridized carbons (Fsp3) is 0.200. The maximum absolute atomic E-state index is 11.6. The van der Waals surface area contributed by atoms with E-state index in [9.17, 15) is 19.8 Å². The predicted octanol–water partition coefficient (Wildman–Crippen LogP) is 2.04. The maximum Gasteiger partial charge on any atom is 0.334 e. The molecule has 1 atom stereocenters. The van der Waals surface area contributed by atoms with Crippen LogP contribution in [0.15, 0.2) is 53.4 Å². The fourth-order valence-electron chi connectivity index (χ4n) is 2.38. The van der Waals surface area contributed by atoms with Crippen LogP contribution >= 0.6 is 0 Å². The number of carboxylic acid groups (broad SMARTS) is 2. The Balaban J connectivity index is 2.65. The fourth-order valence-corrected chi connectivity index (χ4v) is 2.38. The van der Waals surface area contributed by atoms with Gasteiger partial charge in [0.15, 0.2) is 0 Å². The first-order valence-corrected chi connectivity index (χ1v) is 6.10. The van der Waals surface area contributed by atoms with Gasteiger partial charge in [0, 0.05) is 18.9 Å². The van der Waals surface area contributed by atoms with Gasteiger partial charge in [-0.15, -0.1) is 0 Å². The van der Waals surface area contributed by atoms with Crippen molar-refractivity contribution in [1.82, 2.24) is 4.90 Å². The Morgan fingerprint density at radius 1 is 1.10 bits per heavy atom. The summed E-state index contributed by atoms with van der Waals surface area (Å²) in [4.78, 5) is 24.5. The molecule has 1 unspecified atom stereocenters. The molecule has 0 saturated heterocycles. The van der Waals surface area contributed by atoms with E-state index in [2.05, 4.69) is 0 Å². The predicted molar refractivity (Wildman–Crippen MR) is 73.0 cm³/mol. The molecular formula is C15H15NO4. The molecular weight excluding hydrogens is 258 g/mol. The van der Waals surface area contributed by atoms with Crippen molar-refractivity contribution in [3.63, 3.8) is 0 Å². The van der Waals surface area contributed by atoms with E-state index in [1.165, 1.54) is 11.1 Å². The summed E-state index contributed by atoms with van der Waals surface area (Å²) in [7, 11) is 1.64. The third-order valence-electron chi connectivity index (χ3n) is 3.46. The lowest BCUT2D eigenvalue weighted by molar-refractivity contribution is -0.133. The lowest BCUT2D eigenvalue weighted by atomic mass is 9.82. The molecule has 0 aromatic heterocycles. The quantitative estimate of drug-likeness (QED) is 0.881. The lowest BCUT2D eigenvalue weighted by Crippen LogP contribution is -2.29. The van der Waals surface area contributed by atoms with Gasteiger partial charge in [-0.1, -0.05) is 30.3 Å². The normalized spacial score (nSPS) is 18.8. The molecule has 2 N–H and O–H groups in total. The number of rotatable bonds is 3. The van der Waals surface area contributed by atoms with Gasteiger partial charge in [0.2, 0.25) is 0 Å². The molecule has 1 aliphatic rings. The third kappa shape index (κ3) is 2.30. The van der Waals surface area contributed by atoms with Crippen LogP contribution in [-0.4, -0.2) is 34.1 Å². The monoisotopic (exact) mass is 273 g/mol. The first-order valence-electron chi connectivity index (χ1n) is 6.10. The Labute approximate surface area is 116 Å². The molecule has 0 spiro atoms. The number of benzene rings is 1. The Morgan fingerprint density at radius 3 is 2.20 bits per heavy atom. The zero-order valence-corrected chi connectivity index (χ0v) is 11.2. The molecule has 1 aromatic carbocycles. The molecule has 104 valence electrons. The van der Waals surface area contributed by atoms with Crippen LogP contribution in [0.2, 0.25) is 0 Å². The second-order valence-corrected chi connectivity index (χ2v) is 4.65. The van der Waals surface area contributed by atoms with Crippen molar-refractivity contribution in [2.45, 2.75) is 12.8 Å². The van der Waals surface area contributed by atoms with E-state index < -0.39 is 17.9 Å². The Bertz CT molecular complexity index is 616. The van der Waals surface area contributed by atoms with Crippen molar-refractivity contribution in [1.29, 1.82) is 0 Å². The molecule has 0 radical (unpaired) electrons. The van der Waals surface area contributed by atoms with Gasteiger partial charge in [-0.25, -0.2) is 9.59 Å². The molecule has 0 bridgehead atoms. The van der Waals surface area contributed by atoms with Gasteiger partial charge < -0.3 is 15.1 Å². The van der Waals surface area contributed by atoms with E-state index in [4.69, 9.17) is 0 Å². The van der Waals surface area contributed by atoms with Crippen LogP contribution in [0.3, 0.4) is 0 Å². The van der Waals surface area contributed by atoms with Crippen LogP contribution < -0.4 is 0 Å². The summed E-state index contributed by atoms with van der Waals surface area (Å²) in [6, 6.07) is 8.81. The van der Waals surface area contributed by atoms with Gasteiger partial charge in [0.05, 0.1) is 17.1 Å². The molecule has 0 saturated carbocycles. The summed E-state index contributed by atoms with van der Waals surface area (Å²) in [6.07, 6.45) is 1.47. The van der Waals surface area contributed by atoms with E-state index >= 15 is 0 Å². The number of hydrogen-bond acceptors (Lipinski definition) is 3. The van der Waals surface area contributed by atoms with Crippen LogP contribution in [0.25, 0.3) is 0 Å². The summed E-state index contributed by atoms with van der Waals surface area (Å²) in [5.41, 5.74) is 1.35. The van der Waals surface area contributed by atoms with E-state index in [0.717, 1.165) is 0 Å². The minimum absolute atomic E-state index is 0.0571. The van der Waals surface area contributed by atoms with Crippen molar-refractivity contribution < 1.29 is 19.8 Å². The molecule has 0 fully saturated rings. The highest BCUT2D eigenvalue weighted by Gasteiger charge is 2.35. The van der Waals surface area contributed by atoms with E-state index in [0.29, 0.717) is 11.3 Å². The zero-order valence-electron chi connectivity index (χ0n) is 11.2. The maximum atomic E-state index is 11.6. The Hall–Kier alpha value is -2.56. The first-order chi connectivity index (χ1) is 9.43. The molecule has 5 nitrogen and oxygen atoms in total. The van der Waals surface area contributed by atoms with Gasteiger partial charge in [0.1, 0.15) is 0 Å².